The lowest BCUT2D eigenvalue weighted by atomic mass is 9.72. The van der Waals surface area contributed by atoms with Crippen LogP contribution < -0.4 is 5.32 Å². The first-order valence-corrected chi connectivity index (χ1v) is 14.3. The van der Waals surface area contributed by atoms with E-state index in [0.29, 0.717) is 17.5 Å². The van der Waals surface area contributed by atoms with Gasteiger partial charge in [-0.2, -0.15) is 5.10 Å². The molecule has 4 rings (SSSR count). The molecule has 1 fully saturated rings. The second-order valence-corrected chi connectivity index (χ2v) is 12.3. The van der Waals surface area contributed by atoms with E-state index in [0.717, 1.165) is 0 Å². The number of nitrogens with zero attached hydrogens (tertiary/aromatic N) is 3. The zero-order valence-corrected chi connectivity index (χ0v) is 22.9. The SMILES string of the molecule is Cc1cc(Nc2nc(C[C@@]3(C(=O)O)CCN(Cc4cccc(Cl)c4F)[C@H](C)C3)c(F)c(S(C)(=O)=O)c2F)n[nH]1. The van der Waals surface area contributed by atoms with Crippen molar-refractivity contribution in [3.05, 3.63) is 63.7 Å². The van der Waals surface area contributed by atoms with E-state index in [1.54, 1.807) is 26.0 Å². The van der Waals surface area contributed by atoms with E-state index in [2.05, 4.69) is 20.5 Å². The minimum atomic E-state index is -4.40. The Kier molecular flexibility index (Phi) is 7.97. The number of pyridine rings is 1. The number of aliphatic carboxylic acids is 1. The molecule has 0 radical (unpaired) electrons. The number of aromatic nitrogens is 3. The van der Waals surface area contributed by atoms with Crippen LogP contribution in [0.4, 0.5) is 24.8 Å². The predicted molar refractivity (Wildman–Crippen MR) is 138 cm³/mol. The molecule has 1 aliphatic rings. The molecular weight excluding hydrogens is 559 g/mol. The number of H-pyrrole nitrogens is 1. The van der Waals surface area contributed by atoms with Crippen LogP contribution in [0.2, 0.25) is 5.02 Å². The summed E-state index contributed by atoms with van der Waals surface area (Å²) in [7, 11) is -4.40. The normalized spacial score (nSPS) is 20.2. The molecule has 9 nitrogen and oxygen atoms in total. The van der Waals surface area contributed by atoms with Crippen LogP contribution in [0.3, 0.4) is 0 Å². The number of anilines is 2. The van der Waals surface area contributed by atoms with Gasteiger partial charge in [0.2, 0.25) is 0 Å². The molecule has 0 saturated carbocycles. The zero-order chi connectivity index (χ0) is 28.7. The Morgan fingerprint density at radius 2 is 2.00 bits per heavy atom. The van der Waals surface area contributed by atoms with Gasteiger partial charge in [-0.15, -0.1) is 0 Å². The van der Waals surface area contributed by atoms with Crippen molar-refractivity contribution in [1.82, 2.24) is 20.1 Å². The van der Waals surface area contributed by atoms with Crippen molar-refractivity contribution in [2.24, 2.45) is 5.41 Å². The molecule has 3 heterocycles. The first-order chi connectivity index (χ1) is 18.2. The number of carbonyl (C=O) groups is 1. The molecular formula is C25H27ClF3N5O4S. The van der Waals surface area contributed by atoms with Crippen LogP contribution >= 0.6 is 11.6 Å². The van der Waals surface area contributed by atoms with Crippen LogP contribution in [0.1, 0.15) is 36.7 Å². The van der Waals surface area contributed by atoms with E-state index in [1.165, 1.54) is 12.1 Å². The third-order valence-corrected chi connectivity index (χ3v) is 8.37. The Morgan fingerprint density at radius 1 is 1.28 bits per heavy atom. The zero-order valence-electron chi connectivity index (χ0n) is 21.4. The number of benzene rings is 1. The number of hydrogen-bond donors (Lipinski definition) is 3. The first-order valence-electron chi connectivity index (χ1n) is 12.0. The second-order valence-electron chi connectivity index (χ2n) is 9.95. The van der Waals surface area contributed by atoms with Crippen molar-refractivity contribution in [2.45, 2.75) is 50.6 Å². The van der Waals surface area contributed by atoms with Gasteiger partial charge in [-0.3, -0.25) is 14.8 Å². The fourth-order valence-electron chi connectivity index (χ4n) is 4.95. The first kappa shape index (κ1) is 28.8. The van der Waals surface area contributed by atoms with Crippen LogP contribution in [0.5, 0.6) is 0 Å². The number of sulfone groups is 1. The molecule has 1 aromatic carbocycles. The topological polar surface area (TPSA) is 128 Å². The van der Waals surface area contributed by atoms with Crippen LogP contribution in [0.15, 0.2) is 29.2 Å². The van der Waals surface area contributed by atoms with Crippen molar-refractivity contribution >= 4 is 39.0 Å². The number of halogens is 4. The largest absolute Gasteiger partial charge is 0.481 e. The molecule has 210 valence electrons. The quantitative estimate of drug-likeness (QED) is 0.349. The Bertz CT molecular complexity index is 1530. The van der Waals surface area contributed by atoms with E-state index in [1.807, 2.05) is 4.90 Å². The maximum absolute atomic E-state index is 15.5. The van der Waals surface area contributed by atoms with E-state index in [-0.39, 0.29) is 42.8 Å². The minimum Gasteiger partial charge on any atom is -0.481 e. The van der Waals surface area contributed by atoms with Gasteiger partial charge in [0, 0.05) is 42.6 Å². The lowest BCUT2D eigenvalue weighted by Gasteiger charge is -2.43. The summed E-state index contributed by atoms with van der Waals surface area (Å²) in [6.45, 7) is 3.86. The molecule has 2 atom stereocenters. The van der Waals surface area contributed by atoms with Gasteiger partial charge in [0.15, 0.2) is 33.1 Å². The number of carboxylic acids is 1. The van der Waals surface area contributed by atoms with Gasteiger partial charge in [-0.25, -0.2) is 26.6 Å². The molecule has 14 heteroatoms. The second kappa shape index (κ2) is 10.8. The van der Waals surface area contributed by atoms with Gasteiger partial charge >= 0.3 is 5.97 Å². The molecule has 0 unspecified atom stereocenters. The van der Waals surface area contributed by atoms with E-state index in [4.69, 9.17) is 11.6 Å². The van der Waals surface area contributed by atoms with Crippen molar-refractivity contribution in [1.29, 1.82) is 0 Å². The highest BCUT2D eigenvalue weighted by atomic mass is 35.5. The molecule has 2 aromatic heterocycles. The Labute approximate surface area is 228 Å². The average molecular weight is 586 g/mol. The summed E-state index contributed by atoms with van der Waals surface area (Å²) in [5.41, 5.74) is -1.07. The molecule has 0 bridgehead atoms. The van der Waals surface area contributed by atoms with Crippen molar-refractivity contribution in [3.8, 4) is 0 Å². The number of nitrogens with one attached hydrogen (secondary N) is 2. The summed E-state index contributed by atoms with van der Waals surface area (Å²) in [6.07, 6.45) is 0.222. The Hall–Kier alpha value is -3.16. The van der Waals surface area contributed by atoms with Gasteiger partial charge in [0.05, 0.1) is 16.1 Å². The lowest BCUT2D eigenvalue weighted by molar-refractivity contribution is -0.153. The number of aromatic amines is 1. The molecule has 3 N–H and O–H groups in total. The minimum absolute atomic E-state index is 0.0222. The van der Waals surface area contributed by atoms with E-state index >= 15 is 8.78 Å². The fraction of sp³-hybridized carbons (Fsp3) is 0.400. The summed E-state index contributed by atoms with van der Waals surface area (Å²) in [6, 6.07) is 5.77. The highest BCUT2D eigenvalue weighted by Gasteiger charge is 2.46. The molecule has 0 aliphatic carbocycles. The smallest absolute Gasteiger partial charge is 0.310 e. The average Bonchev–Trinajstić information content (AvgIpc) is 3.25. The van der Waals surface area contributed by atoms with Gasteiger partial charge in [0.25, 0.3) is 0 Å². The third-order valence-electron chi connectivity index (χ3n) is 6.98. The monoisotopic (exact) mass is 585 g/mol. The number of hydrogen-bond acceptors (Lipinski definition) is 7. The number of rotatable bonds is 8. The molecule has 39 heavy (non-hydrogen) atoms. The van der Waals surface area contributed by atoms with Gasteiger partial charge in [-0.05, 0) is 39.3 Å². The Morgan fingerprint density at radius 3 is 2.59 bits per heavy atom. The maximum Gasteiger partial charge on any atom is 0.310 e. The molecule has 0 amide bonds. The van der Waals surface area contributed by atoms with E-state index in [9.17, 15) is 22.7 Å². The van der Waals surface area contributed by atoms with E-state index < -0.39 is 61.5 Å². The molecule has 0 spiro atoms. The molecule has 3 aromatic rings. The van der Waals surface area contributed by atoms with Crippen LogP contribution in [0, 0.1) is 29.8 Å². The number of piperidine rings is 1. The third kappa shape index (κ3) is 5.89. The maximum atomic E-state index is 15.5. The standard InChI is InChI=1S/C25H27ClF3N5O4S/c1-13-9-18(33-32-13)31-23-21(29)22(39(3,37)38)20(28)17(30-23)11-25(24(35)36)7-8-34(14(2)10-25)12-15-5-4-6-16(26)19(15)27/h4-6,9,14H,7-8,10-12H2,1-3H3,(H,35,36)(H2,30,31,32,33)/t14-,25-/m1/s1. The summed E-state index contributed by atoms with van der Waals surface area (Å²) < 4.78 is 69.8. The van der Waals surface area contributed by atoms with Crippen LogP contribution in [-0.2, 0) is 27.6 Å². The summed E-state index contributed by atoms with van der Waals surface area (Å²) in [5, 5.41) is 19.3. The Balaban J connectivity index is 1.68. The number of aryl methyl sites for hydroxylation is 1. The van der Waals surface area contributed by atoms with Crippen molar-refractivity contribution in [3.63, 3.8) is 0 Å². The van der Waals surface area contributed by atoms with Gasteiger partial charge < -0.3 is 10.4 Å². The highest BCUT2D eigenvalue weighted by molar-refractivity contribution is 7.90. The van der Waals surface area contributed by atoms with Gasteiger partial charge in [-0.1, -0.05) is 23.7 Å². The number of likely N-dealkylation sites (tertiary alicyclic amines) is 1. The summed E-state index contributed by atoms with van der Waals surface area (Å²) in [5.74, 6) is -5.14. The van der Waals surface area contributed by atoms with Gasteiger partial charge in [0.1, 0.15) is 10.7 Å². The summed E-state index contributed by atoms with van der Waals surface area (Å²) in [4.78, 5) is 17.2. The van der Waals surface area contributed by atoms with Crippen LogP contribution in [0.25, 0.3) is 0 Å². The number of carboxylic acid groups (broad SMARTS) is 1. The van der Waals surface area contributed by atoms with Crippen molar-refractivity contribution in [2.75, 3.05) is 18.1 Å². The van der Waals surface area contributed by atoms with Crippen LogP contribution in [-0.4, -0.2) is 58.4 Å². The molecule has 1 aliphatic heterocycles. The lowest BCUT2D eigenvalue weighted by Crippen LogP contribution is -2.50. The molecule has 1 saturated heterocycles. The van der Waals surface area contributed by atoms with Crippen molar-refractivity contribution < 1.29 is 31.5 Å². The predicted octanol–water partition coefficient (Wildman–Crippen LogP) is 4.63. The highest BCUT2D eigenvalue weighted by Crippen LogP contribution is 2.41. The summed E-state index contributed by atoms with van der Waals surface area (Å²) >= 11 is 5.89. The fourth-order valence-corrected chi connectivity index (χ4v) is 6.01.